The molecule has 1 amide bonds. The zero-order valence-corrected chi connectivity index (χ0v) is 19.8. The number of nitrogens with zero attached hydrogens (tertiary/aromatic N) is 3. The van der Waals surface area contributed by atoms with E-state index in [0.717, 1.165) is 22.5 Å². The van der Waals surface area contributed by atoms with Crippen molar-refractivity contribution in [3.05, 3.63) is 92.1 Å². The molecule has 0 saturated carbocycles. The summed E-state index contributed by atoms with van der Waals surface area (Å²) in [6, 6.07) is 15.3. The monoisotopic (exact) mass is 497 g/mol. The molecule has 0 radical (unpaired) electrons. The van der Waals surface area contributed by atoms with Gasteiger partial charge in [0, 0.05) is 22.0 Å². The van der Waals surface area contributed by atoms with Crippen molar-refractivity contribution in [2.45, 2.75) is 20.0 Å². The Bertz CT molecular complexity index is 1350. The van der Waals surface area contributed by atoms with Gasteiger partial charge in [-0.25, -0.2) is 9.37 Å². The maximum Gasteiger partial charge on any atom is 0.326 e. The maximum absolute atomic E-state index is 13.3. The lowest BCUT2D eigenvalue weighted by Crippen LogP contribution is -2.35. The fourth-order valence-corrected chi connectivity index (χ4v) is 4.75. The predicted octanol–water partition coefficient (Wildman–Crippen LogP) is 4.26. The third kappa shape index (κ3) is 5.64. The second-order valence-electron chi connectivity index (χ2n) is 7.38. The van der Waals surface area contributed by atoms with Crippen molar-refractivity contribution in [2.75, 3.05) is 11.5 Å². The van der Waals surface area contributed by atoms with E-state index in [-0.39, 0.29) is 23.8 Å². The lowest BCUT2D eigenvalue weighted by Gasteiger charge is -2.20. The number of ether oxygens (including phenoxy) is 1. The number of hydrogen-bond donors (Lipinski definition) is 0. The van der Waals surface area contributed by atoms with Gasteiger partial charge in [-0.1, -0.05) is 41.7 Å². The minimum atomic E-state index is -0.678. The van der Waals surface area contributed by atoms with E-state index < -0.39 is 18.5 Å². The minimum absolute atomic E-state index is 0.233. The number of aryl methyl sites for hydroxylation is 1. The van der Waals surface area contributed by atoms with Crippen molar-refractivity contribution in [1.29, 1.82) is 0 Å². The summed E-state index contributed by atoms with van der Waals surface area (Å²) in [4.78, 5) is 42.9. The van der Waals surface area contributed by atoms with Crippen LogP contribution >= 0.6 is 22.7 Å². The molecule has 0 aliphatic heterocycles. The predicted molar refractivity (Wildman–Crippen MR) is 129 cm³/mol. The lowest BCUT2D eigenvalue weighted by atomic mass is 10.2. The fourth-order valence-electron chi connectivity index (χ4n) is 3.16. The van der Waals surface area contributed by atoms with Gasteiger partial charge < -0.3 is 4.74 Å². The number of rotatable bonds is 8. The first-order chi connectivity index (χ1) is 16.4. The zero-order valence-electron chi connectivity index (χ0n) is 18.1. The number of carbonyl (C=O) groups is 2. The highest BCUT2D eigenvalue weighted by molar-refractivity contribution is 7.14. The Hall–Kier alpha value is -3.63. The summed E-state index contributed by atoms with van der Waals surface area (Å²) < 4.78 is 19.7. The molecule has 0 atom stereocenters. The summed E-state index contributed by atoms with van der Waals surface area (Å²) in [5.41, 5.74) is 2.86. The Kier molecular flexibility index (Phi) is 7.29. The molecule has 0 saturated heterocycles. The molecule has 0 N–H and O–H groups in total. The van der Waals surface area contributed by atoms with Crippen LogP contribution in [0.2, 0.25) is 0 Å². The largest absolute Gasteiger partial charge is 0.454 e. The van der Waals surface area contributed by atoms with E-state index in [0.29, 0.717) is 16.5 Å². The van der Waals surface area contributed by atoms with E-state index in [2.05, 4.69) is 4.98 Å². The molecule has 0 aliphatic carbocycles. The van der Waals surface area contributed by atoms with E-state index in [9.17, 15) is 18.8 Å². The van der Waals surface area contributed by atoms with Crippen LogP contribution in [0.3, 0.4) is 0 Å². The molecule has 7 nitrogen and oxygen atoms in total. The molecule has 4 rings (SSSR count). The zero-order chi connectivity index (χ0) is 24.1. The number of aromatic nitrogens is 2. The van der Waals surface area contributed by atoms with E-state index in [1.165, 1.54) is 32.9 Å². The van der Waals surface area contributed by atoms with Gasteiger partial charge in [0.2, 0.25) is 0 Å². The third-order valence-corrected chi connectivity index (χ3v) is 6.71. The van der Waals surface area contributed by atoms with Crippen molar-refractivity contribution in [2.24, 2.45) is 0 Å². The molecule has 2 aromatic heterocycles. The second kappa shape index (κ2) is 10.5. The van der Waals surface area contributed by atoms with E-state index in [1.807, 2.05) is 30.3 Å². The Balaban J connectivity index is 1.50. The van der Waals surface area contributed by atoms with Gasteiger partial charge >= 0.3 is 10.8 Å². The van der Waals surface area contributed by atoms with Crippen molar-refractivity contribution in [3.8, 4) is 11.3 Å². The van der Waals surface area contributed by atoms with Crippen LogP contribution in [0.5, 0.6) is 0 Å². The summed E-state index contributed by atoms with van der Waals surface area (Å²) in [5, 5.41) is 3.86. The first-order valence-corrected chi connectivity index (χ1v) is 12.0. The topological polar surface area (TPSA) is 81.5 Å². The van der Waals surface area contributed by atoms with Gasteiger partial charge in [0.05, 0.1) is 12.2 Å². The molecule has 0 aliphatic rings. The summed E-state index contributed by atoms with van der Waals surface area (Å²) in [5.74, 6) is -1.48. The van der Waals surface area contributed by atoms with Crippen LogP contribution < -0.4 is 9.77 Å². The van der Waals surface area contributed by atoms with Crippen LogP contribution in [0.4, 0.5) is 9.52 Å². The molecule has 0 bridgehead atoms. The standard InChI is InChI=1S/C24H20FN3O4S2/c1-16-14-34-24(31)27(16)12-22(30)32-13-21(29)28(11-17-5-3-2-4-6-17)23-26-20(15-33-23)18-7-9-19(25)10-8-18/h2-10,14-15H,11-13H2,1H3. The minimum Gasteiger partial charge on any atom is -0.454 e. The van der Waals surface area contributed by atoms with Crippen LogP contribution in [0.25, 0.3) is 11.3 Å². The average Bonchev–Trinajstić information content (AvgIpc) is 3.45. The molecule has 34 heavy (non-hydrogen) atoms. The lowest BCUT2D eigenvalue weighted by molar-refractivity contribution is -0.148. The van der Waals surface area contributed by atoms with Crippen LogP contribution in [0.15, 0.2) is 70.2 Å². The van der Waals surface area contributed by atoms with Crippen molar-refractivity contribution >= 4 is 39.7 Å². The number of carbonyl (C=O) groups excluding carboxylic acids is 2. The van der Waals surface area contributed by atoms with Gasteiger partial charge in [0.1, 0.15) is 12.4 Å². The first-order valence-electron chi connectivity index (χ1n) is 10.3. The highest BCUT2D eigenvalue weighted by Gasteiger charge is 2.22. The summed E-state index contributed by atoms with van der Waals surface area (Å²) >= 11 is 2.26. The van der Waals surface area contributed by atoms with Gasteiger partial charge in [-0.2, -0.15) is 0 Å². The highest BCUT2D eigenvalue weighted by Crippen LogP contribution is 2.29. The Labute approximate surface area is 202 Å². The average molecular weight is 498 g/mol. The summed E-state index contributed by atoms with van der Waals surface area (Å²) in [7, 11) is 0. The number of halogens is 1. The van der Waals surface area contributed by atoms with Crippen molar-refractivity contribution in [1.82, 2.24) is 9.55 Å². The molecular formula is C24H20FN3O4S2. The van der Waals surface area contributed by atoms with E-state index >= 15 is 0 Å². The van der Waals surface area contributed by atoms with Crippen molar-refractivity contribution in [3.63, 3.8) is 0 Å². The summed E-state index contributed by atoms with van der Waals surface area (Å²) in [6.07, 6.45) is 0. The van der Waals surface area contributed by atoms with Gasteiger partial charge in [0.15, 0.2) is 11.7 Å². The number of benzene rings is 2. The van der Waals surface area contributed by atoms with E-state index in [1.54, 1.807) is 29.8 Å². The van der Waals surface area contributed by atoms with Gasteiger partial charge in [-0.05, 0) is 36.8 Å². The van der Waals surface area contributed by atoms with Gasteiger partial charge in [-0.15, -0.1) is 11.3 Å². The molecule has 4 aromatic rings. The summed E-state index contributed by atoms with van der Waals surface area (Å²) in [6.45, 7) is 1.21. The second-order valence-corrected chi connectivity index (χ2v) is 9.03. The molecule has 10 heteroatoms. The molecule has 0 fully saturated rings. The van der Waals surface area contributed by atoms with Crippen LogP contribution in [0, 0.1) is 12.7 Å². The van der Waals surface area contributed by atoms with E-state index in [4.69, 9.17) is 4.74 Å². The highest BCUT2D eigenvalue weighted by atomic mass is 32.1. The number of anilines is 1. The van der Waals surface area contributed by atoms with Crippen LogP contribution in [-0.2, 0) is 27.4 Å². The Morgan fingerprint density at radius 2 is 1.79 bits per heavy atom. The van der Waals surface area contributed by atoms with Crippen molar-refractivity contribution < 1.29 is 18.7 Å². The number of amides is 1. The molecule has 0 unspecified atom stereocenters. The number of hydrogen-bond acceptors (Lipinski definition) is 7. The normalized spacial score (nSPS) is 10.8. The molecule has 2 heterocycles. The smallest absolute Gasteiger partial charge is 0.326 e. The number of thiazole rings is 2. The molecule has 174 valence electrons. The van der Waals surface area contributed by atoms with Gasteiger partial charge in [-0.3, -0.25) is 23.9 Å². The third-order valence-electron chi connectivity index (χ3n) is 4.97. The fraction of sp³-hybridized carbons (Fsp3) is 0.167. The van der Waals surface area contributed by atoms with Gasteiger partial charge in [0.25, 0.3) is 5.91 Å². The molecule has 0 spiro atoms. The molecular weight excluding hydrogens is 477 g/mol. The SMILES string of the molecule is Cc1csc(=O)n1CC(=O)OCC(=O)N(Cc1ccccc1)c1nc(-c2ccc(F)cc2)cs1. The van der Waals surface area contributed by atoms with Crippen LogP contribution in [0.1, 0.15) is 11.3 Å². The van der Waals surface area contributed by atoms with Crippen LogP contribution in [-0.4, -0.2) is 28.0 Å². The quantitative estimate of drug-likeness (QED) is 0.340. The Morgan fingerprint density at radius 1 is 1.06 bits per heavy atom. The molecule has 2 aromatic carbocycles. The maximum atomic E-state index is 13.3. The number of esters is 1. The Morgan fingerprint density at radius 3 is 2.47 bits per heavy atom. The first kappa shape index (κ1) is 23.5.